The number of methoxy groups -OCH3 is 1. The summed E-state index contributed by atoms with van der Waals surface area (Å²) in [4.78, 5) is 8.44. The van der Waals surface area contributed by atoms with E-state index in [1.165, 1.54) is 5.56 Å². The number of benzene rings is 1. The van der Waals surface area contributed by atoms with Crippen LogP contribution in [0.1, 0.15) is 11.1 Å². The van der Waals surface area contributed by atoms with Crippen LogP contribution in [0, 0.1) is 0 Å². The maximum absolute atomic E-state index is 5.93. The van der Waals surface area contributed by atoms with Crippen LogP contribution in [-0.4, -0.2) is 37.7 Å². The molecule has 134 valence electrons. The molecule has 0 aliphatic carbocycles. The number of ether oxygens (including phenoxy) is 2. The van der Waals surface area contributed by atoms with Crippen LogP contribution >= 0.6 is 24.0 Å². The van der Waals surface area contributed by atoms with Crippen molar-refractivity contribution in [3.05, 3.63) is 53.7 Å². The zero-order valence-corrected chi connectivity index (χ0v) is 16.7. The predicted octanol–water partition coefficient (Wildman–Crippen LogP) is 2.38. The number of hydrogen-bond donors (Lipinski definition) is 2. The standard InChI is InChI=1S/C18H22N4O2.HI/c1-19-18(21-11-14-7-5-9-20-17(14)23-2)22-12-15-10-13-6-3-4-8-16(13)24-15;/h3-9,15H,10-12H2,1-2H3,(H2,19,21,22);1H. The molecule has 2 N–H and O–H groups in total. The second-order valence-corrected chi connectivity index (χ2v) is 5.53. The van der Waals surface area contributed by atoms with Crippen LogP contribution in [0.3, 0.4) is 0 Å². The van der Waals surface area contributed by atoms with E-state index in [0.717, 1.165) is 23.7 Å². The first kappa shape index (κ1) is 19.3. The zero-order chi connectivity index (χ0) is 16.8. The number of pyridine rings is 1. The first-order valence-electron chi connectivity index (χ1n) is 7.97. The van der Waals surface area contributed by atoms with Crippen molar-refractivity contribution in [3.8, 4) is 11.6 Å². The average Bonchev–Trinajstić information content (AvgIpc) is 3.05. The first-order valence-corrected chi connectivity index (χ1v) is 7.97. The second-order valence-electron chi connectivity index (χ2n) is 5.53. The highest BCUT2D eigenvalue weighted by molar-refractivity contribution is 14.0. The Morgan fingerprint density at radius 3 is 2.88 bits per heavy atom. The maximum Gasteiger partial charge on any atom is 0.218 e. The molecule has 0 radical (unpaired) electrons. The number of nitrogens with zero attached hydrogens (tertiary/aromatic N) is 2. The van der Waals surface area contributed by atoms with Crippen LogP contribution in [-0.2, 0) is 13.0 Å². The molecule has 1 aliphatic rings. The fraction of sp³-hybridized carbons (Fsp3) is 0.333. The summed E-state index contributed by atoms with van der Waals surface area (Å²) in [5, 5.41) is 6.58. The van der Waals surface area contributed by atoms with E-state index in [0.29, 0.717) is 19.0 Å². The van der Waals surface area contributed by atoms with Gasteiger partial charge < -0.3 is 20.1 Å². The number of fused-ring (bicyclic) bond motifs is 1. The van der Waals surface area contributed by atoms with Crippen LogP contribution in [0.15, 0.2) is 47.6 Å². The number of hydrogen-bond acceptors (Lipinski definition) is 4. The van der Waals surface area contributed by atoms with Gasteiger partial charge in [0.1, 0.15) is 11.9 Å². The number of aliphatic imine (C=N–C) groups is 1. The molecule has 1 atom stereocenters. The van der Waals surface area contributed by atoms with Gasteiger partial charge in [0.2, 0.25) is 5.88 Å². The largest absolute Gasteiger partial charge is 0.488 e. The molecule has 2 aromatic rings. The summed E-state index contributed by atoms with van der Waals surface area (Å²) in [5.41, 5.74) is 2.24. The molecule has 7 heteroatoms. The fourth-order valence-electron chi connectivity index (χ4n) is 2.72. The molecule has 0 spiro atoms. The van der Waals surface area contributed by atoms with Gasteiger partial charge in [-0.1, -0.05) is 24.3 Å². The SMILES string of the molecule is CN=C(NCc1cccnc1OC)NCC1Cc2ccccc2O1.I. The van der Waals surface area contributed by atoms with Crippen LogP contribution in [0.25, 0.3) is 0 Å². The van der Waals surface area contributed by atoms with Crippen molar-refractivity contribution in [1.29, 1.82) is 0 Å². The van der Waals surface area contributed by atoms with Crippen molar-refractivity contribution < 1.29 is 9.47 Å². The van der Waals surface area contributed by atoms with E-state index in [1.807, 2.05) is 30.3 Å². The van der Waals surface area contributed by atoms with Gasteiger partial charge in [-0.2, -0.15) is 0 Å². The molecule has 0 bridgehead atoms. The number of para-hydroxylation sites is 1. The molecule has 1 aliphatic heterocycles. The van der Waals surface area contributed by atoms with E-state index in [9.17, 15) is 0 Å². The summed E-state index contributed by atoms with van der Waals surface area (Å²) in [7, 11) is 3.37. The second kappa shape index (κ2) is 9.45. The molecule has 25 heavy (non-hydrogen) atoms. The van der Waals surface area contributed by atoms with Crippen molar-refractivity contribution in [1.82, 2.24) is 15.6 Å². The Morgan fingerprint density at radius 1 is 1.28 bits per heavy atom. The summed E-state index contributed by atoms with van der Waals surface area (Å²) < 4.78 is 11.2. The van der Waals surface area contributed by atoms with Crippen LogP contribution in [0.4, 0.5) is 0 Å². The molecule has 0 fully saturated rings. The number of guanidine groups is 1. The summed E-state index contributed by atoms with van der Waals surface area (Å²) in [6.45, 7) is 1.28. The Hall–Kier alpha value is -2.03. The highest BCUT2D eigenvalue weighted by atomic mass is 127. The monoisotopic (exact) mass is 454 g/mol. The quantitative estimate of drug-likeness (QED) is 0.413. The van der Waals surface area contributed by atoms with Crippen LogP contribution in [0.5, 0.6) is 11.6 Å². The number of halogens is 1. The van der Waals surface area contributed by atoms with Gasteiger partial charge >= 0.3 is 0 Å². The zero-order valence-electron chi connectivity index (χ0n) is 14.4. The third kappa shape index (κ3) is 4.97. The van der Waals surface area contributed by atoms with E-state index >= 15 is 0 Å². The lowest BCUT2D eigenvalue weighted by molar-refractivity contribution is 0.235. The molecule has 0 amide bonds. The smallest absolute Gasteiger partial charge is 0.218 e. The molecule has 1 unspecified atom stereocenters. The normalized spacial score (nSPS) is 15.6. The van der Waals surface area contributed by atoms with Gasteiger partial charge in [0.15, 0.2) is 5.96 Å². The Balaban J connectivity index is 0.00000225. The molecular weight excluding hydrogens is 431 g/mol. The topological polar surface area (TPSA) is 67.8 Å². The van der Waals surface area contributed by atoms with Gasteiger partial charge in [-0.25, -0.2) is 4.98 Å². The van der Waals surface area contributed by atoms with E-state index in [1.54, 1.807) is 20.4 Å². The van der Waals surface area contributed by atoms with Gasteiger partial charge in [0.05, 0.1) is 13.7 Å². The fourth-order valence-corrected chi connectivity index (χ4v) is 2.72. The van der Waals surface area contributed by atoms with E-state index in [2.05, 4.69) is 26.7 Å². The van der Waals surface area contributed by atoms with Gasteiger partial charge in [-0.3, -0.25) is 4.99 Å². The Labute approximate surface area is 165 Å². The minimum Gasteiger partial charge on any atom is -0.488 e. The van der Waals surface area contributed by atoms with Crippen molar-refractivity contribution in [2.45, 2.75) is 19.1 Å². The van der Waals surface area contributed by atoms with Gasteiger partial charge in [-0.05, 0) is 17.7 Å². The van der Waals surface area contributed by atoms with E-state index in [-0.39, 0.29) is 30.1 Å². The number of rotatable bonds is 5. The van der Waals surface area contributed by atoms with Gasteiger partial charge in [0.25, 0.3) is 0 Å². The summed E-state index contributed by atoms with van der Waals surface area (Å²) in [5.74, 6) is 2.32. The summed E-state index contributed by atoms with van der Waals surface area (Å²) in [6, 6.07) is 12.0. The molecule has 3 rings (SSSR count). The summed E-state index contributed by atoms with van der Waals surface area (Å²) in [6.07, 6.45) is 2.75. The van der Waals surface area contributed by atoms with Gasteiger partial charge in [-0.15, -0.1) is 24.0 Å². The minimum absolute atomic E-state index is 0. The molecule has 1 aromatic carbocycles. The Bertz CT molecular complexity index is 699. The molecule has 0 saturated carbocycles. The van der Waals surface area contributed by atoms with Crippen LogP contribution < -0.4 is 20.1 Å². The highest BCUT2D eigenvalue weighted by Crippen LogP contribution is 2.27. The van der Waals surface area contributed by atoms with Crippen molar-refractivity contribution in [3.63, 3.8) is 0 Å². The van der Waals surface area contributed by atoms with Crippen LogP contribution in [0.2, 0.25) is 0 Å². The Kier molecular flexibility index (Phi) is 7.30. The summed E-state index contributed by atoms with van der Waals surface area (Å²) >= 11 is 0. The molecule has 6 nitrogen and oxygen atoms in total. The number of nitrogens with one attached hydrogen (secondary N) is 2. The molecule has 2 heterocycles. The minimum atomic E-state index is 0. The lowest BCUT2D eigenvalue weighted by Gasteiger charge is -2.16. The third-order valence-corrected chi connectivity index (χ3v) is 3.92. The molecule has 0 saturated heterocycles. The molecular formula is C18H23IN4O2. The van der Waals surface area contributed by atoms with E-state index in [4.69, 9.17) is 9.47 Å². The third-order valence-electron chi connectivity index (χ3n) is 3.92. The maximum atomic E-state index is 5.93. The predicted molar refractivity (Wildman–Crippen MR) is 109 cm³/mol. The Morgan fingerprint density at radius 2 is 2.12 bits per heavy atom. The highest BCUT2D eigenvalue weighted by Gasteiger charge is 2.22. The molecule has 1 aromatic heterocycles. The van der Waals surface area contributed by atoms with Crippen molar-refractivity contribution in [2.24, 2.45) is 4.99 Å². The average molecular weight is 454 g/mol. The van der Waals surface area contributed by atoms with E-state index < -0.39 is 0 Å². The lowest BCUT2D eigenvalue weighted by atomic mass is 10.1. The van der Waals surface area contributed by atoms with Gasteiger partial charge in [0, 0.05) is 31.8 Å². The first-order chi connectivity index (χ1) is 11.8. The lowest BCUT2D eigenvalue weighted by Crippen LogP contribution is -2.42. The number of aromatic nitrogens is 1. The van der Waals surface area contributed by atoms with Crippen molar-refractivity contribution >= 4 is 29.9 Å². The van der Waals surface area contributed by atoms with Crippen molar-refractivity contribution in [2.75, 3.05) is 20.7 Å².